The fourth-order valence-electron chi connectivity index (χ4n) is 4.70. The predicted molar refractivity (Wildman–Crippen MR) is 143 cm³/mol. The van der Waals surface area contributed by atoms with Gasteiger partial charge in [0.1, 0.15) is 0 Å². The first kappa shape index (κ1) is 39.6. The van der Waals surface area contributed by atoms with Crippen LogP contribution in [-0.4, -0.2) is 186 Å². The number of hydrogen-bond acceptors (Lipinski definition) is 12. The molecule has 250 valence electrons. The molecule has 20 nitrogen and oxygen atoms in total. The van der Waals surface area contributed by atoms with Gasteiger partial charge in [0, 0.05) is 25.2 Å². The van der Waals surface area contributed by atoms with Crippen molar-refractivity contribution in [2.75, 3.05) is 65.4 Å². The van der Waals surface area contributed by atoms with Crippen molar-refractivity contribution in [1.29, 1.82) is 0 Å². The Kier molecular flexibility index (Phi) is 18.4. The van der Waals surface area contributed by atoms with Gasteiger partial charge in [-0.15, -0.1) is 0 Å². The van der Waals surface area contributed by atoms with Gasteiger partial charge in [0.15, 0.2) is 0 Å². The van der Waals surface area contributed by atoms with Crippen molar-refractivity contribution in [2.45, 2.75) is 37.8 Å². The molecule has 0 spiro atoms. The van der Waals surface area contributed by atoms with E-state index in [9.17, 15) is 38.4 Å². The summed E-state index contributed by atoms with van der Waals surface area (Å²) in [6, 6.07) is -1.05. The Bertz CT molecular complexity index is 894. The molecule has 8 N–H and O–H groups in total. The maximum absolute atomic E-state index is 11.0. The highest BCUT2D eigenvalue weighted by molar-refractivity contribution is 5.74. The Hall–Kier alpha value is -4.40. The highest BCUT2D eigenvalue weighted by Gasteiger charge is 2.37. The third-order valence-corrected chi connectivity index (χ3v) is 6.15. The van der Waals surface area contributed by atoms with E-state index < -0.39 is 112 Å². The minimum Gasteiger partial charge on any atom is -0.480 e. The van der Waals surface area contributed by atoms with Crippen LogP contribution in [0.5, 0.6) is 0 Å². The first-order chi connectivity index (χ1) is 20.4. The molecule has 2 unspecified atom stereocenters. The fraction of sp³-hybridized carbons (Fsp3) is 0.667. The second-order valence-corrected chi connectivity index (χ2v) is 9.80. The van der Waals surface area contributed by atoms with E-state index in [1.807, 2.05) is 0 Å². The van der Waals surface area contributed by atoms with Crippen molar-refractivity contribution in [2.24, 2.45) is 0 Å². The predicted octanol–water partition coefficient (Wildman–Crippen LogP) is -2.83. The first-order valence-corrected chi connectivity index (χ1v) is 13.1. The topological polar surface area (TPSA) is 311 Å². The van der Waals surface area contributed by atoms with Crippen molar-refractivity contribution < 1.29 is 79.2 Å². The fourth-order valence-corrected chi connectivity index (χ4v) is 4.70. The van der Waals surface area contributed by atoms with Gasteiger partial charge in [-0.2, -0.15) is 0 Å². The lowest BCUT2D eigenvalue weighted by Crippen LogP contribution is -2.57. The molecule has 0 radical (unpaired) electrons. The third kappa shape index (κ3) is 18.9. The number of nitrogens with zero attached hydrogens (tertiary/aromatic N) is 4. The van der Waals surface area contributed by atoms with E-state index in [-0.39, 0.29) is 13.1 Å². The number of rotatable bonds is 21. The molecular formula is C24H38N4O16. The van der Waals surface area contributed by atoms with Crippen molar-refractivity contribution in [3.05, 3.63) is 0 Å². The van der Waals surface area contributed by atoms with E-state index in [0.29, 0.717) is 12.8 Å². The summed E-state index contributed by atoms with van der Waals surface area (Å²) in [4.78, 5) is 91.0. The molecule has 1 rings (SSSR count). The van der Waals surface area contributed by atoms with Gasteiger partial charge in [-0.3, -0.25) is 58.0 Å². The van der Waals surface area contributed by atoms with Crippen LogP contribution in [0.2, 0.25) is 0 Å². The number of hydrogen-bond donors (Lipinski definition) is 8. The zero-order valence-corrected chi connectivity index (χ0v) is 23.7. The molecule has 0 aliphatic heterocycles. The van der Waals surface area contributed by atoms with E-state index in [1.165, 1.54) is 9.80 Å². The molecule has 1 saturated carbocycles. The zero-order valence-electron chi connectivity index (χ0n) is 23.7. The summed E-state index contributed by atoms with van der Waals surface area (Å²) >= 11 is 0. The van der Waals surface area contributed by atoms with Crippen LogP contribution in [0.3, 0.4) is 0 Å². The highest BCUT2D eigenvalue weighted by Crippen LogP contribution is 2.27. The second-order valence-electron chi connectivity index (χ2n) is 9.80. The molecule has 1 aliphatic rings. The van der Waals surface area contributed by atoms with Crippen molar-refractivity contribution >= 4 is 47.8 Å². The molecule has 1 fully saturated rings. The third-order valence-electron chi connectivity index (χ3n) is 6.15. The van der Waals surface area contributed by atoms with Gasteiger partial charge in [0.25, 0.3) is 0 Å². The van der Waals surface area contributed by atoms with Gasteiger partial charge in [0.05, 0.1) is 52.4 Å². The molecule has 0 saturated heterocycles. The lowest BCUT2D eigenvalue weighted by molar-refractivity contribution is -0.149. The van der Waals surface area contributed by atoms with Crippen LogP contribution in [0, 0.1) is 0 Å². The average molecular weight is 639 g/mol. The van der Waals surface area contributed by atoms with Crippen LogP contribution in [0.25, 0.3) is 0 Å². The largest absolute Gasteiger partial charge is 0.480 e. The lowest BCUT2D eigenvalue weighted by Gasteiger charge is -2.43. The van der Waals surface area contributed by atoms with Crippen LogP contribution in [0.4, 0.5) is 0 Å². The van der Waals surface area contributed by atoms with E-state index in [2.05, 4.69) is 0 Å². The molecule has 44 heavy (non-hydrogen) atoms. The summed E-state index contributed by atoms with van der Waals surface area (Å²) < 4.78 is 0. The molecule has 0 aromatic carbocycles. The van der Waals surface area contributed by atoms with Crippen LogP contribution in [0.1, 0.15) is 25.7 Å². The van der Waals surface area contributed by atoms with Gasteiger partial charge in [-0.1, -0.05) is 12.8 Å². The van der Waals surface area contributed by atoms with E-state index in [4.69, 9.17) is 40.9 Å². The van der Waals surface area contributed by atoms with Gasteiger partial charge in [-0.05, 0) is 12.8 Å². The molecular weight excluding hydrogens is 600 g/mol. The van der Waals surface area contributed by atoms with E-state index >= 15 is 0 Å². The van der Waals surface area contributed by atoms with Crippen LogP contribution < -0.4 is 0 Å². The Morgan fingerprint density at radius 2 is 0.591 bits per heavy atom. The van der Waals surface area contributed by atoms with Crippen LogP contribution in [-0.2, 0) is 38.4 Å². The van der Waals surface area contributed by atoms with E-state index in [1.54, 1.807) is 0 Å². The Labute approximate surface area is 250 Å². The minimum absolute atomic E-state index is 0.0703. The monoisotopic (exact) mass is 638 g/mol. The number of aliphatic carboxylic acids is 8. The lowest BCUT2D eigenvalue weighted by atomic mass is 9.87. The standard InChI is InChI=1S/C14H22N2O8.C10H16N2O8/c17-11(18)5-15(6-12(19)20)9-3-1-2-4-10(9)16(7-13(21)22)8-14(23)24;13-7(14)3-11(4-8(15)16)1-2-12(5-9(17)18)6-10(19)20/h9-10H,1-8H2,(H,17,18)(H,19,20)(H,21,22)(H,23,24);1-6H2,(H,13,14)(H,15,16)(H,17,18)(H,19,20). The minimum atomic E-state index is -1.23. The Balaban J connectivity index is 0.000000856. The van der Waals surface area contributed by atoms with Crippen molar-refractivity contribution in [1.82, 2.24) is 19.6 Å². The summed E-state index contributed by atoms with van der Waals surface area (Å²) in [7, 11) is 0. The molecule has 0 amide bonds. The first-order valence-electron chi connectivity index (χ1n) is 13.1. The van der Waals surface area contributed by atoms with E-state index in [0.717, 1.165) is 22.6 Å². The maximum atomic E-state index is 11.0. The van der Waals surface area contributed by atoms with Crippen molar-refractivity contribution in [3.8, 4) is 0 Å². The molecule has 0 aromatic rings. The van der Waals surface area contributed by atoms with Crippen LogP contribution >= 0.6 is 0 Å². The van der Waals surface area contributed by atoms with Crippen molar-refractivity contribution in [3.63, 3.8) is 0 Å². The SMILES string of the molecule is O=C(O)CN(CC(=O)O)C1CCCCC1N(CC(=O)O)CC(=O)O.O=C(O)CN(CCN(CC(=O)O)CC(=O)O)CC(=O)O. The number of carboxylic acid groups (broad SMARTS) is 8. The van der Waals surface area contributed by atoms with Gasteiger partial charge in [-0.25, -0.2) is 0 Å². The summed E-state index contributed by atoms with van der Waals surface area (Å²) in [5.41, 5.74) is 0. The summed E-state index contributed by atoms with van der Waals surface area (Å²) in [6.07, 6.45) is 2.46. The molecule has 0 aromatic heterocycles. The smallest absolute Gasteiger partial charge is 0.317 e. The van der Waals surface area contributed by atoms with Gasteiger partial charge < -0.3 is 40.9 Å². The second kappa shape index (κ2) is 20.5. The highest BCUT2D eigenvalue weighted by atomic mass is 16.4. The summed E-state index contributed by atoms with van der Waals surface area (Å²) in [6.45, 7) is -4.24. The Morgan fingerprint density at radius 1 is 0.386 bits per heavy atom. The number of carboxylic acids is 8. The average Bonchev–Trinajstić information content (AvgIpc) is 2.84. The summed E-state index contributed by atoms with van der Waals surface area (Å²) in [5.74, 6) is -9.67. The van der Waals surface area contributed by atoms with Gasteiger partial charge >= 0.3 is 47.8 Å². The quantitative estimate of drug-likeness (QED) is 0.0628. The number of carbonyl (C=O) groups is 8. The Morgan fingerprint density at radius 3 is 0.773 bits per heavy atom. The normalized spacial score (nSPS) is 16.3. The van der Waals surface area contributed by atoms with Gasteiger partial charge in [0.2, 0.25) is 0 Å². The molecule has 0 bridgehead atoms. The molecule has 2 atom stereocenters. The zero-order chi connectivity index (χ0) is 34.0. The molecule has 20 heteroatoms. The molecule has 0 heterocycles. The molecule has 1 aliphatic carbocycles. The maximum Gasteiger partial charge on any atom is 0.317 e. The van der Waals surface area contributed by atoms with Crippen LogP contribution in [0.15, 0.2) is 0 Å². The summed E-state index contributed by atoms with van der Waals surface area (Å²) in [5, 5.41) is 70.5.